The Labute approximate surface area is 316 Å². The van der Waals surface area contributed by atoms with Crippen LogP contribution in [0.3, 0.4) is 0 Å². The predicted octanol–water partition coefficient (Wildman–Crippen LogP) is 2.05. The number of hydrogen-bond donors (Lipinski definition) is 3. The standard InChI is InChI=1S/C33H59N9O10S/c1-33(39-40-33)7-8-35-29(43)6-12-46-16-20-50-24-25-52-23-19-49-15-11-42(10-14-48-18-22-51-21-17-47-13-9-36-41-34)30(44)5-3-2-4-28-31-27(26-53-28)37-32(45)38-31/h27-28,31H,2-26H2,1H3,(H,35,43)(H2,37,38,45)/t27-,28-,31-/m1/s1. The molecule has 3 aliphatic heterocycles. The summed E-state index contributed by atoms with van der Waals surface area (Å²) in [6.07, 6.45) is 4.10. The SMILES string of the molecule is CC1(CCNC(=O)CCOCCOCCOCCOCCN(CCOCCOCCOCCN=[N+]=[N-])C(=O)CCCC[C@H]2SC[C@H]3NC(=O)N[C@H]32)N=N1. The third-order valence-electron chi connectivity index (χ3n) is 8.53. The molecule has 19 nitrogen and oxygen atoms in total. The van der Waals surface area contributed by atoms with Crippen molar-refractivity contribution in [3.63, 3.8) is 0 Å². The van der Waals surface area contributed by atoms with Gasteiger partial charge in [0.1, 0.15) is 0 Å². The van der Waals surface area contributed by atoms with Crippen LogP contribution in [0.25, 0.3) is 10.4 Å². The predicted molar refractivity (Wildman–Crippen MR) is 196 cm³/mol. The number of nitrogens with one attached hydrogen (secondary N) is 3. The molecule has 2 saturated heterocycles. The number of unbranched alkanes of at least 4 members (excludes halogenated alkanes) is 1. The second kappa shape index (κ2) is 27.7. The fourth-order valence-corrected chi connectivity index (χ4v) is 7.01. The summed E-state index contributed by atoms with van der Waals surface area (Å²) in [6.45, 7) is 9.17. The zero-order valence-corrected chi connectivity index (χ0v) is 31.9. The smallest absolute Gasteiger partial charge is 0.315 e. The Bertz CT molecular complexity index is 1130. The zero-order valence-electron chi connectivity index (χ0n) is 31.1. The van der Waals surface area contributed by atoms with E-state index in [1.54, 1.807) is 4.90 Å². The summed E-state index contributed by atoms with van der Waals surface area (Å²) in [6, 6.07) is 0.284. The summed E-state index contributed by atoms with van der Waals surface area (Å²) in [5, 5.41) is 20.4. The Morgan fingerprint density at radius 1 is 0.849 bits per heavy atom. The Morgan fingerprint density at radius 2 is 1.42 bits per heavy atom. The number of urea groups is 1. The molecule has 2 fully saturated rings. The summed E-state index contributed by atoms with van der Waals surface area (Å²) < 4.78 is 38.8. The van der Waals surface area contributed by atoms with E-state index in [0.29, 0.717) is 143 Å². The summed E-state index contributed by atoms with van der Waals surface area (Å²) in [7, 11) is 0. The molecule has 3 aliphatic rings. The van der Waals surface area contributed by atoms with E-state index in [1.807, 2.05) is 18.7 Å². The third kappa shape index (κ3) is 21.0. The highest BCUT2D eigenvalue weighted by atomic mass is 32.2. The molecule has 3 rings (SSSR count). The van der Waals surface area contributed by atoms with E-state index in [-0.39, 0.29) is 35.6 Å². The lowest BCUT2D eigenvalue weighted by Gasteiger charge is -2.23. The van der Waals surface area contributed by atoms with Crippen molar-refractivity contribution >= 4 is 29.6 Å². The van der Waals surface area contributed by atoms with E-state index in [9.17, 15) is 14.4 Å². The van der Waals surface area contributed by atoms with Crippen LogP contribution in [0.15, 0.2) is 15.3 Å². The van der Waals surface area contributed by atoms with E-state index in [4.69, 9.17) is 38.7 Å². The molecule has 3 heterocycles. The second-order valence-electron chi connectivity index (χ2n) is 12.8. The molecule has 0 aromatic heterocycles. The maximum absolute atomic E-state index is 13.2. The van der Waals surface area contributed by atoms with E-state index in [2.05, 4.69) is 36.2 Å². The zero-order chi connectivity index (χ0) is 37.8. The van der Waals surface area contributed by atoms with Gasteiger partial charge in [0.2, 0.25) is 11.8 Å². The van der Waals surface area contributed by atoms with Crippen LogP contribution in [0.5, 0.6) is 0 Å². The van der Waals surface area contributed by atoms with Gasteiger partial charge in [0, 0.05) is 61.4 Å². The molecule has 0 spiro atoms. The van der Waals surface area contributed by atoms with Crippen molar-refractivity contribution in [3.05, 3.63) is 10.4 Å². The molecule has 0 aromatic carbocycles. The van der Waals surface area contributed by atoms with Crippen molar-refractivity contribution in [1.29, 1.82) is 0 Å². The molecule has 3 N–H and O–H groups in total. The Hall–Kier alpha value is -2.81. The number of hydrogen-bond acceptors (Lipinski definition) is 14. The molecule has 0 unspecified atom stereocenters. The van der Waals surface area contributed by atoms with Crippen molar-refractivity contribution in [1.82, 2.24) is 20.9 Å². The molecule has 4 amide bonds. The first-order chi connectivity index (χ1) is 25.9. The van der Waals surface area contributed by atoms with E-state index >= 15 is 0 Å². The summed E-state index contributed by atoms with van der Waals surface area (Å²) in [5.74, 6) is 0.929. The van der Waals surface area contributed by atoms with Crippen molar-refractivity contribution in [2.45, 2.75) is 68.4 Å². The van der Waals surface area contributed by atoms with Gasteiger partial charge >= 0.3 is 6.03 Å². The lowest BCUT2D eigenvalue weighted by Crippen LogP contribution is -2.37. The number of carbonyl (C=O) groups excluding carboxylic acids is 3. The van der Waals surface area contributed by atoms with Crippen molar-refractivity contribution in [3.8, 4) is 0 Å². The van der Waals surface area contributed by atoms with Gasteiger partial charge in [0.25, 0.3) is 0 Å². The average Bonchev–Trinajstić information content (AvgIpc) is 3.59. The molecular weight excluding hydrogens is 714 g/mol. The first kappa shape index (κ1) is 44.6. The molecule has 0 radical (unpaired) electrons. The lowest BCUT2D eigenvalue weighted by molar-refractivity contribution is -0.133. The maximum Gasteiger partial charge on any atom is 0.315 e. The summed E-state index contributed by atoms with van der Waals surface area (Å²) in [5.41, 5.74) is 7.95. The van der Waals surface area contributed by atoms with Gasteiger partial charge in [-0.05, 0) is 25.3 Å². The summed E-state index contributed by atoms with van der Waals surface area (Å²) >= 11 is 1.88. The first-order valence-electron chi connectivity index (χ1n) is 18.6. The van der Waals surface area contributed by atoms with Crippen LogP contribution in [-0.2, 0) is 42.7 Å². The molecule has 0 bridgehead atoms. The Morgan fingerprint density at radius 3 is 2.00 bits per heavy atom. The van der Waals surface area contributed by atoms with Gasteiger partial charge in [-0.25, -0.2) is 4.79 Å². The number of thioether (sulfide) groups is 1. The van der Waals surface area contributed by atoms with Crippen molar-refractivity contribution in [2.24, 2.45) is 15.3 Å². The largest absolute Gasteiger partial charge is 0.379 e. The molecule has 53 heavy (non-hydrogen) atoms. The second-order valence-corrected chi connectivity index (χ2v) is 14.0. The van der Waals surface area contributed by atoms with Gasteiger partial charge in [0.15, 0.2) is 5.66 Å². The highest BCUT2D eigenvalue weighted by Crippen LogP contribution is 2.33. The van der Waals surface area contributed by atoms with Crippen LogP contribution in [-0.4, -0.2) is 170 Å². The topological polar surface area (TPSA) is 229 Å². The molecule has 20 heteroatoms. The van der Waals surface area contributed by atoms with Crippen LogP contribution in [0.4, 0.5) is 4.79 Å². The van der Waals surface area contributed by atoms with Gasteiger partial charge in [-0.2, -0.15) is 22.0 Å². The van der Waals surface area contributed by atoms with Crippen LogP contribution in [0.2, 0.25) is 0 Å². The molecular formula is C33H59N9O10S. The van der Waals surface area contributed by atoms with Gasteiger partial charge in [-0.1, -0.05) is 11.5 Å². The van der Waals surface area contributed by atoms with Crippen LogP contribution >= 0.6 is 11.8 Å². The average molecular weight is 774 g/mol. The molecule has 0 saturated carbocycles. The number of fused-ring (bicyclic) bond motifs is 1. The molecule has 0 aliphatic carbocycles. The van der Waals surface area contributed by atoms with Gasteiger partial charge in [0.05, 0.1) is 105 Å². The first-order valence-corrected chi connectivity index (χ1v) is 19.7. The molecule has 3 atom stereocenters. The Balaban J connectivity index is 1.17. The number of nitrogens with zero attached hydrogens (tertiary/aromatic N) is 6. The van der Waals surface area contributed by atoms with Crippen molar-refractivity contribution in [2.75, 3.05) is 124 Å². The third-order valence-corrected chi connectivity index (χ3v) is 10.0. The minimum absolute atomic E-state index is 0.0554. The fourth-order valence-electron chi connectivity index (χ4n) is 5.46. The van der Waals surface area contributed by atoms with Gasteiger partial charge < -0.3 is 54.0 Å². The number of rotatable bonds is 35. The number of carbonyl (C=O) groups is 3. The van der Waals surface area contributed by atoms with Crippen LogP contribution in [0, 0.1) is 0 Å². The van der Waals surface area contributed by atoms with E-state index < -0.39 is 0 Å². The quantitative estimate of drug-likeness (QED) is 0.0278. The monoisotopic (exact) mass is 773 g/mol. The van der Waals surface area contributed by atoms with Gasteiger partial charge in [-0.15, -0.1) is 0 Å². The Kier molecular flexibility index (Phi) is 23.3. The van der Waals surface area contributed by atoms with E-state index in [1.165, 1.54) is 0 Å². The lowest BCUT2D eigenvalue weighted by atomic mass is 10.0. The molecule has 302 valence electrons. The number of amides is 4. The van der Waals surface area contributed by atoms with Gasteiger partial charge in [-0.3, -0.25) is 9.59 Å². The molecule has 0 aromatic rings. The highest BCUT2D eigenvalue weighted by Gasteiger charge is 2.42. The minimum Gasteiger partial charge on any atom is -0.379 e. The summed E-state index contributed by atoms with van der Waals surface area (Å²) in [4.78, 5) is 41.1. The van der Waals surface area contributed by atoms with E-state index in [0.717, 1.165) is 25.0 Å². The number of ether oxygens (including phenoxy) is 7. The van der Waals surface area contributed by atoms with Crippen LogP contribution < -0.4 is 16.0 Å². The minimum atomic E-state index is -0.303. The fraction of sp³-hybridized carbons (Fsp3) is 0.909. The van der Waals surface area contributed by atoms with Crippen LogP contribution in [0.1, 0.15) is 45.4 Å². The highest BCUT2D eigenvalue weighted by molar-refractivity contribution is 8.00. The normalized spacial score (nSPS) is 19.3. The number of azide groups is 1. The van der Waals surface area contributed by atoms with Crippen molar-refractivity contribution < 1.29 is 47.5 Å². The maximum atomic E-state index is 13.2.